The molecule has 1 N–H and O–H groups in total. The Morgan fingerprint density at radius 1 is 1.04 bits per heavy atom. The van der Waals surface area contributed by atoms with Gasteiger partial charge in [0.1, 0.15) is 0 Å². The molecule has 3 rings (SSSR count). The van der Waals surface area contributed by atoms with Crippen LogP contribution in [0.15, 0.2) is 36.4 Å². The lowest BCUT2D eigenvalue weighted by atomic mass is 10.1. The Hall–Kier alpha value is -2.33. The zero-order valence-electron chi connectivity index (χ0n) is 15.5. The van der Waals surface area contributed by atoms with Gasteiger partial charge in [-0.3, -0.25) is 9.59 Å². The summed E-state index contributed by atoms with van der Waals surface area (Å²) in [5.74, 6) is 0.803. The van der Waals surface area contributed by atoms with Crippen LogP contribution >= 0.6 is 33.9 Å². The summed E-state index contributed by atoms with van der Waals surface area (Å²) in [6.07, 6.45) is 0. The molecule has 1 amide bonds. The Bertz CT molecular complexity index is 1020. The van der Waals surface area contributed by atoms with Crippen LogP contribution in [0.25, 0.3) is 10.1 Å². The molecular formula is C20H18INO5S. The van der Waals surface area contributed by atoms with Crippen molar-refractivity contribution in [1.29, 1.82) is 0 Å². The van der Waals surface area contributed by atoms with Crippen molar-refractivity contribution in [3.63, 3.8) is 0 Å². The minimum absolute atomic E-state index is 0.164. The lowest BCUT2D eigenvalue weighted by Crippen LogP contribution is -2.14. The highest BCUT2D eigenvalue weighted by atomic mass is 127. The average molecular weight is 511 g/mol. The van der Waals surface area contributed by atoms with E-state index in [1.807, 2.05) is 46.9 Å². The van der Waals surface area contributed by atoms with Crippen molar-refractivity contribution in [2.75, 3.05) is 31.1 Å². The molecule has 0 spiro atoms. The van der Waals surface area contributed by atoms with Crippen molar-refractivity contribution < 1.29 is 23.8 Å². The van der Waals surface area contributed by atoms with Crippen molar-refractivity contribution in [2.24, 2.45) is 0 Å². The van der Waals surface area contributed by atoms with E-state index < -0.39 is 0 Å². The highest BCUT2D eigenvalue weighted by Gasteiger charge is 2.24. The molecule has 28 heavy (non-hydrogen) atoms. The number of carbonyl (C=O) groups is 2. The van der Waals surface area contributed by atoms with Crippen LogP contribution in [-0.2, 0) is 4.79 Å². The Kier molecular flexibility index (Phi) is 6.40. The van der Waals surface area contributed by atoms with E-state index in [0.29, 0.717) is 37.8 Å². The Labute approximate surface area is 179 Å². The van der Waals surface area contributed by atoms with Gasteiger partial charge in [0, 0.05) is 15.6 Å². The van der Waals surface area contributed by atoms with E-state index in [2.05, 4.69) is 5.32 Å². The second-order valence-corrected chi connectivity index (χ2v) is 7.54. The van der Waals surface area contributed by atoms with Crippen molar-refractivity contribution in [1.82, 2.24) is 0 Å². The monoisotopic (exact) mass is 511 g/mol. The number of benzene rings is 2. The maximum atomic E-state index is 13.3. The lowest BCUT2D eigenvalue weighted by molar-refractivity contribution is -0.113. The number of thiophene rings is 1. The van der Waals surface area contributed by atoms with Crippen molar-refractivity contribution in [3.05, 3.63) is 46.8 Å². The van der Waals surface area contributed by atoms with E-state index in [1.54, 1.807) is 12.1 Å². The standard InChI is InChI=1S/C20H18INO5S/c1-25-13-8-11(9-14(26-2)19(13)27-3)18(24)20-17(22-16(23)10-21)12-6-4-5-7-15(12)28-20/h4-9H,10H2,1-3H3,(H,22,23). The number of hydrogen-bond donors (Lipinski definition) is 1. The average Bonchev–Trinajstić information content (AvgIpc) is 3.10. The second-order valence-electron chi connectivity index (χ2n) is 5.73. The van der Waals surface area contributed by atoms with Crippen LogP contribution in [-0.4, -0.2) is 37.4 Å². The number of anilines is 1. The number of alkyl halides is 1. The molecule has 1 aromatic heterocycles. The van der Waals surface area contributed by atoms with Gasteiger partial charge in [-0.2, -0.15) is 0 Å². The van der Waals surface area contributed by atoms with Gasteiger partial charge in [-0.05, 0) is 18.2 Å². The Morgan fingerprint density at radius 2 is 1.68 bits per heavy atom. The first-order valence-electron chi connectivity index (χ1n) is 8.26. The second kappa shape index (κ2) is 8.78. The third kappa shape index (κ3) is 3.79. The molecule has 0 saturated carbocycles. The summed E-state index contributed by atoms with van der Waals surface area (Å²) in [4.78, 5) is 25.8. The number of fused-ring (bicyclic) bond motifs is 1. The molecule has 0 aliphatic heterocycles. The molecule has 8 heteroatoms. The molecule has 0 unspecified atom stereocenters. The highest BCUT2D eigenvalue weighted by Crippen LogP contribution is 2.41. The molecule has 2 aromatic carbocycles. The van der Waals surface area contributed by atoms with Gasteiger partial charge in [0.05, 0.1) is 36.3 Å². The number of ether oxygens (including phenoxy) is 3. The van der Waals surface area contributed by atoms with Gasteiger partial charge in [0.25, 0.3) is 0 Å². The summed E-state index contributed by atoms with van der Waals surface area (Å²) < 4.78 is 17.2. The summed E-state index contributed by atoms with van der Waals surface area (Å²) in [5.41, 5.74) is 0.909. The van der Waals surface area contributed by atoms with E-state index in [4.69, 9.17) is 14.2 Å². The molecule has 146 valence electrons. The number of carbonyl (C=O) groups excluding carboxylic acids is 2. The molecule has 3 aromatic rings. The molecular weight excluding hydrogens is 493 g/mol. The zero-order valence-corrected chi connectivity index (χ0v) is 18.5. The van der Waals surface area contributed by atoms with Crippen molar-refractivity contribution >= 4 is 61.4 Å². The number of amides is 1. The van der Waals surface area contributed by atoms with Crippen LogP contribution in [0.3, 0.4) is 0 Å². The number of methoxy groups -OCH3 is 3. The summed E-state index contributed by atoms with van der Waals surface area (Å²) in [6, 6.07) is 10.8. The fourth-order valence-electron chi connectivity index (χ4n) is 2.85. The summed E-state index contributed by atoms with van der Waals surface area (Å²) in [7, 11) is 4.50. The van der Waals surface area contributed by atoms with Gasteiger partial charge >= 0.3 is 0 Å². The van der Waals surface area contributed by atoms with Crippen molar-refractivity contribution in [3.8, 4) is 17.2 Å². The van der Waals surface area contributed by atoms with Crippen LogP contribution in [0, 0.1) is 0 Å². The topological polar surface area (TPSA) is 73.9 Å². The number of nitrogens with one attached hydrogen (secondary N) is 1. The Morgan fingerprint density at radius 3 is 2.25 bits per heavy atom. The van der Waals surface area contributed by atoms with Gasteiger partial charge in [0.2, 0.25) is 17.4 Å². The molecule has 0 aliphatic carbocycles. The highest BCUT2D eigenvalue weighted by molar-refractivity contribution is 14.1. The van der Waals surface area contributed by atoms with Crippen LogP contribution in [0.2, 0.25) is 0 Å². The van der Waals surface area contributed by atoms with Gasteiger partial charge in [0.15, 0.2) is 11.5 Å². The van der Waals surface area contributed by atoms with E-state index >= 15 is 0 Å². The van der Waals surface area contributed by atoms with Gasteiger partial charge in [-0.1, -0.05) is 40.8 Å². The van der Waals surface area contributed by atoms with Crippen LogP contribution in [0.4, 0.5) is 5.69 Å². The zero-order chi connectivity index (χ0) is 20.3. The third-order valence-electron chi connectivity index (χ3n) is 4.11. The third-order valence-corrected chi connectivity index (χ3v) is 5.98. The van der Waals surface area contributed by atoms with E-state index in [0.717, 1.165) is 10.1 Å². The van der Waals surface area contributed by atoms with E-state index in [-0.39, 0.29) is 11.7 Å². The molecule has 0 aliphatic rings. The Balaban J connectivity index is 2.16. The first-order chi connectivity index (χ1) is 13.5. The first kappa shape index (κ1) is 20.4. The lowest BCUT2D eigenvalue weighted by Gasteiger charge is -2.14. The number of rotatable bonds is 7. The molecule has 0 fully saturated rings. The fraction of sp³-hybridized carbons (Fsp3) is 0.200. The molecule has 0 radical (unpaired) electrons. The minimum atomic E-state index is -0.232. The van der Waals surface area contributed by atoms with Crippen LogP contribution in [0.5, 0.6) is 17.2 Å². The van der Waals surface area contributed by atoms with E-state index in [1.165, 1.54) is 32.7 Å². The maximum Gasteiger partial charge on any atom is 0.234 e. The first-order valence-corrected chi connectivity index (χ1v) is 10.6. The molecule has 1 heterocycles. The predicted molar refractivity (Wildman–Crippen MR) is 119 cm³/mol. The maximum absolute atomic E-state index is 13.3. The van der Waals surface area contributed by atoms with Crippen molar-refractivity contribution in [2.45, 2.75) is 0 Å². The van der Waals surface area contributed by atoms with Gasteiger partial charge in [-0.15, -0.1) is 11.3 Å². The minimum Gasteiger partial charge on any atom is -0.493 e. The molecule has 0 atom stereocenters. The smallest absolute Gasteiger partial charge is 0.234 e. The van der Waals surface area contributed by atoms with Crippen LogP contribution < -0.4 is 19.5 Å². The van der Waals surface area contributed by atoms with Crippen LogP contribution in [0.1, 0.15) is 15.2 Å². The largest absolute Gasteiger partial charge is 0.493 e. The SMILES string of the molecule is COc1cc(C(=O)c2sc3ccccc3c2NC(=O)CI)cc(OC)c1OC. The molecule has 0 saturated heterocycles. The summed E-state index contributed by atoms with van der Waals surface area (Å²) >= 11 is 3.33. The molecule has 0 bridgehead atoms. The summed E-state index contributed by atoms with van der Waals surface area (Å²) in [6.45, 7) is 0. The van der Waals surface area contributed by atoms with E-state index in [9.17, 15) is 9.59 Å². The number of ketones is 1. The normalized spacial score (nSPS) is 10.6. The summed E-state index contributed by atoms with van der Waals surface area (Å²) in [5, 5.41) is 3.70. The van der Waals surface area contributed by atoms with Gasteiger partial charge < -0.3 is 19.5 Å². The number of halogens is 1. The fourth-order valence-corrected chi connectivity index (χ4v) is 4.16. The number of hydrogen-bond acceptors (Lipinski definition) is 6. The van der Waals surface area contributed by atoms with Gasteiger partial charge in [-0.25, -0.2) is 0 Å². The molecule has 6 nitrogen and oxygen atoms in total. The quantitative estimate of drug-likeness (QED) is 0.287. The predicted octanol–water partition coefficient (Wildman–Crippen LogP) is 4.53.